The van der Waals surface area contributed by atoms with Crippen LogP contribution in [-0.4, -0.2) is 6.29 Å². The SMILES string of the molecule is Cc1cc(C)c2cc(C=O)c3cc(C(C)(C)C)cc4ccc1c2c43. The van der Waals surface area contributed by atoms with Crippen LogP contribution in [0.4, 0.5) is 0 Å². The second-order valence-electron chi connectivity index (χ2n) is 8.00. The average molecular weight is 314 g/mol. The molecule has 0 fully saturated rings. The van der Waals surface area contributed by atoms with E-state index in [-0.39, 0.29) is 5.41 Å². The summed E-state index contributed by atoms with van der Waals surface area (Å²) in [7, 11) is 0. The maximum atomic E-state index is 11.8. The van der Waals surface area contributed by atoms with Crippen LogP contribution < -0.4 is 0 Å². The van der Waals surface area contributed by atoms with Crippen molar-refractivity contribution in [3.05, 3.63) is 58.7 Å². The van der Waals surface area contributed by atoms with Crippen molar-refractivity contribution >= 4 is 38.6 Å². The second-order valence-corrected chi connectivity index (χ2v) is 8.00. The summed E-state index contributed by atoms with van der Waals surface area (Å²) in [5.74, 6) is 0. The van der Waals surface area contributed by atoms with Crippen LogP contribution >= 0.6 is 0 Å². The van der Waals surface area contributed by atoms with Gasteiger partial charge in [-0.3, -0.25) is 4.79 Å². The van der Waals surface area contributed by atoms with Gasteiger partial charge in [0.25, 0.3) is 0 Å². The third-order valence-corrected chi connectivity index (χ3v) is 5.27. The van der Waals surface area contributed by atoms with E-state index in [0.717, 1.165) is 17.2 Å². The molecule has 0 unspecified atom stereocenters. The fourth-order valence-corrected chi connectivity index (χ4v) is 3.93. The Morgan fingerprint density at radius 1 is 0.792 bits per heavy atom. The monoisotopic (exact) mass is 314 g/mol. The minimum Gasteiger partial charge on any atom is -0.298 e. The highest BCUT2D eigenvalue weighted by atomic mass is 16.1. The second kappa shape index (κ2) is 4.80. The van der Waals surface area contributed by atoms with Gasteiger partial charge in [0, 0.05) is 5.56 Å². The molecule has 0 amide bonds. The van der Waals surface area contributed by atoms with Gasteiger partial charge in [-0.2, -0.15) is 0 Å². The van der Waals surface area contributed by atoms with E-state index in [1.807, 2.05) is 0 Å². The molecular weight excluding hydrogens is 292 g/mol. The third kappa shape index (κ3) is 1.97. The number of aldehydes is 1. The largest absolute Gasteiger partial charge is 0.298 e. The maximum absolute atomic E-state index is 11.8. The average Bonchev–Trinajstić information content (AvgIpc) is 2.53. The fraction of sp³-hybridized carbons (Fsp3) is 0.261. The summed E-state index contributed by atoms with van der Waals surface area (Å²) in [6.07, 6.45) is 1.00. The van der Waals surface area contributed by atoms with Crippen molar-refractivity contribution < 1.29 is 4.79 Å². The molecule has 24 heavy (non-hydrogen) atoms. The minimum atomic E-state index is 0.0520. The molecule has 0 atom stereocenters. The maximum Gasteiger partial charge on any atom is 0.150 e. The molecule has 1 heteroatoms. The molecule has 0 aliphatic heterocycles. The Labute approximate surface area is 142 Å². The number of hydrogen-bond donors (Lipinski definition) is 0. The first-order valence-electron chi connectivity index (χ1n) is 8.49. The molecule has 0 aromatic heterocycles. The van der Waals surface area contributed by atoms with Gasteiger partial charge in [0.2, 0.25) is 0 Å². The van der Waals surface area contributed by atoms with Crippen LogP contribution in [0.3, 0.4) is 0 Å². The van der Waals surface area contributed by atoms with E-state index in [1.54, 1.807) is 0 Å². The van der Waals surface area contributed by atoms with Crippen molar-refractivity contribution in [2.24, 2.45) is 0 Å². The molecule has 1 nitrogen and oxygen atoms in total. The number of aryl methyl sites for hydroxylation is 2. The van der Waals surface area contributed by atoms with Crippen LogP contribution in [0.25, 0.3) is 32.3 Å². The van der Waals surface area contributed by atoms with Gasteiger partial charge in [0.05, 0.1) is 0 Å². The van der Waals surface area contributed by atoms with Crippen molar-refractivity contribution in [1.29, 1.82) is 0 Å². The Balaban J connectivity index is 2.34. The number of rotatable bonds is 1. The molecule has 0 saturated carbocycles. The van der Waals surface area contributed by atoms with Gasteiger partial charge in [0.1, 0.15) is 0 Å². The van der Waals surface area contributed by atoms with E-state index in [1.165, 1.54) is 43.6 Å². The summed E-state index contributed by atoms with van der Waals surface area (Å²) in [4.78, 5) is 11.8. The van der Waals surface area contributed by atoms with E-state index < -0.39 is 0 Å². The summed E-state index contributed by atoms with van der Waals surface area (Å²) in [6.45, 7) is 11.0. The molecule has 0 saturated heterocycles. The van der Waals surface area contributed by atoms with Crippen molar-refractivity contribution in [2.75, 3.05) is 0 Å². The molecule has 120 valence electrons. The highest BCUT2D eigenvalue weighted by Gasteiger charge is 2.19. The van der Waals surface area contributed by atoms with Gasteiger partial charge >= 0.3 is 0 Å². The topological polar surface area (TPSA) is 17.1 Å². The predicted octanol–water partition coefficient (Wildman–Crippen LogP) is 6.31. The Morgan fingerprint density at radius 2 is 1.50 bits per heavy atom. The smallest absolute Gasteiger partial charge is 0.150 e. The van der Waals surface area contributed by atoms with E-state index in [4.69, 9.17) is 0 Å². The normalized spacial score (nSPS) is 12.5. The molecular formula is C23H22O. The first kappa shape index (κ1) is 15.1. The van der Waals surface area contributed by atoms with Gasteiger partial charge in [-0.25, -0.2) is 0 Å². The summed E-state index contributed by atoms with van der Waals surface area (Å²) >= 11 is 0. The molecule has 4 aromatic carbocycles. The van der Waals surface area contributed by atoms with Crippen molar-refractivity contribution in [2.45, 2.75) is 40.0 Å². The number of carbonyl (C=O) groups is 1. The van der Waals surface area contributed by atoms with Gasteiger partial charge in [-0.1, -0.05) is 45.0 Å². The lowest BCUT2D eigenvalue weighted by Gasteiger charge is -2.22. The molecule has 0 spiro atoms. The quantitative estimate of drug-likeness (QED) is 0.297. The predicted molar refractivity (Wildman–Crippen MR) is 104 cm³/mol. The molecule has 4 rings (SSSR count). The van der Waals surface area contributed by atoms with Crippen molar-refractivity contribution in [3.8, 4) is 0 Å². The minimum absolute atomic E-state index is 0.0520. The first-order valence-corrected chi connectivity index (χ1v) is 8.49. The van der Waals surface area contributed by atoms with Crippen molar-refractivity contribution in [1.82, 2.24) is 0 Å². The van der Waals surface area contributed by atoms with Gasteiger partial charge < -0.3 is 0 Å². The Bertz CT molecular complexity index is 1110. The molecule has 0 radical (unpaired) electrons. The van der Waals surface area contributed by atoms with Crippen LogP contribution in [-0.2, 0) is 5.41 Å². The highest BCUT2D eigenvalue weighted by molar-refractivity contribution is 6.27. The number of carbonyl (C=O) groups excluding carboxylic acids is 1. The number of benzene rings is 4. The standard InChI is InChI=1S/C23H22O/c1-13-8-14(2)19-10-16(12-24)20-11-17(23(3,4)5)9-15-6-7-18(13)22(19)21(15)20/h6-12H,1-5H3. The summed E-state index contributed by atoms with van der Waals surface area (Å²) in [5, 5.41) is 7.31. The molecule has 0 N–H and O–H groups in total. The van der Waals surface area contributed by atoms with Crippen LogP contribution in [0.5, 0.6) is 0 Å². The lowest BCUT2D eigenvalue weighted by molar-refractivity contribution is 0.112. The summed E-state index contributed by atoms with van der Waals surface area (Å²) < 4.78 is 0. The van der Waals surface area contributed by atoms with E-state index in [0.29, 0.717) is 0 Å². The molecule has 4 aromatic rings. The van der Waals surface area contributed by atoms with E-state index in [9.17, 15) is 4.79 Å². The Kier molecular flexibility index (Phi) is 3.02. The van der Waals surface area contributed by atoms with E-state index in [2.05, 4.69) is 71.0 Å². The van der Waals surface area contributed by atoms with Gasteiger partial charge in [0.15, 0.2) is 6.29 Å². The summed E-state index contributed by atoms with van der Waals surface area (Å²) in [5.41, 5.74) is 4.64. The zero-order valence-electron chi connectivity index (χ0n) is 14.9. The van der Waals surface area contributed by atoms with Crippen molar-refractivity contribution in [3.63, 3.8) is 0 Å². The lowest BCUT2D eigenvalue weighted by Crippen LogP contribution is -2.11. The van der Waals surface area contributed by atoms with Gasteiger partial charge in [-0.15, -0.1) is 0 Å². The molecule has 0 bridgehead atoms. The van der Waals surface area contributed by atoms with Crippen LogP contribution in [0, 0.1) is 13.8 Å². The Hall–Kier alpha value is -2.41. The third-order valence-electron chi connectivity index (χ3n) is 5.27. The Morgan fingerprint density at radius 3 is 2.17 bits per heavy atom. The molecule has 0 aliphatic carbocycles. The molecule has 0 heterocycles. The van der Waals surface area contributed by atoms with Crippen LogP contribution in [0.1, 0.15) is 47.8 Å². The first-order chi connectivity index (χ1) is 11.3. The zero-order valence-corrected chi connectivity index (χ0v) is 14.9. The van der Waals surface area contributed by atoms with Crippen LogP contribution in [0.2, 0.25) is 0 Å². The van der Waals surface area contributed by atoms with Crippen LogP contribution in [0.15, 0.2) is 36.4 Å². The summed E-state index contributed by atoms with van der Waals surface area (Å²) in [6, 6.07) is 13.2. The lowest BCUT2D eigenvalue weighted by atomic mass is 9.81. The van der Waals surface area contributed by atoms with E-state index >= 15 is 0 Å². The fourth-order valence-electron chi connectivity index (χ4n) is 3.93. The number of hydrogen-bond acceptors (Lipinski definition) is 1. The zero-order chi connectivity index (χ0) is 17.2. The van der Waals surface area contributed by atoms with Gasteiger partial charge in [-0.05, 0) is 80.4 Å². The highest BCUT2D eigenvalue weighted by Crippen LogP contribution is 2.40. The molecule has 0 aliphatic rings.